The number of benzene rings is 6. The molecule has 6 aromatic carbocycles. The zero-order valence-corrected chi connectivity index (χ0v) is 25.7. The number of nitrogens with zero attached hydrogens (tertiary/aromatic N) is 2. The lowest BCUT2D eigenvalue weighted by Gasteiger charge is -2.23. The van der Waals surface area contributed by atoms with E-state index in [1.165, 1.54) is 10.8 Å². The van der Waals surface area contributed by atoms with Crippen molar-refractivity contribution in [3.05, 3.63) is 173 Å². The van der Waals surface area contributed by atoms with Crippen molar-refractivity contribution in [3.63, 3.8) is 0 Å². The van der Waals surface area contributed by atoms with Gasteiger partial charge in [0.15, 0.2) is 12.1 Å². The molecule has 2 aliphatic rings. The van der Waals surface area contributed by atoms with Gasteiger partial charge in [-0.15, -0.1) is 0 Å². The van der Waals surface area contributed by atoms with E-state index in [1.54, 1.807) is 0 Å². The standard InChI is InChI=1S/C43H27N3O2/c1-2-11-26(12-3-1)34-25-35(45-42(44-34)33-17-10-20-38-39(33)31-15-6-8-18-36(31)47-38)27-21-23-28(24-22-27)41-30-14-5-4-13-29(30)40-32-16-7-9-19-37(32)48-43(40)46-41/h1-25,43,46H. The molecule has 2 aromatic heterocycles. The van der Waals surface area contributed by atoms with Gasteiger partial charge in [0.1, 0.15) is 16.9 Å². The number of aromatic nitrogens is 2. The number of fused-ring (bicyclic) bond motifs is 7. The van der Waals surface area contributed by atoms with Gasteiger partial charge in [0.25, 0.3) is 0 Å². The Bertz CT molecular complexity index is 2680. The number of rotatable bonds is 4. The van der Waals surface area contributed by atoms with Crippen LogP contribution >= 0.6 is 0 Å². The van der Waals surface area contributed by atoms with Gasteiger partial charge in [-0.2, -0.15) is 0 Å². The second-order valence-corrected chi connectivity index (χ2v) is 12.2. The van der Waals surface area contributed by atoms with Gasteiger partial charge in [0, 0.05) is 43.8 Å². The summed E-state index contributed by atoms with van der Waals surface area (Å²) in [6.45, 7) is 0. The molecule has 1 N–H and O–H groups in total. The highest BCUT2D eigenvalue weighted by atomic mass is 16.5. The van der Waals surface area contributed by atoms with Gasteiger partial charge in [-0.3, -0.25) is 0 Å². The molecule has 1 atom stereocenters. The molecule has 5 nitrogen and oxygen atoms in total. The van der Waals surface area contributed by atoms with Gasteiger partial charge < -0.3 is 14.5 Å². The summed E-state index contributed by atoms with van der Waals surface area (Å²) in [5.41, 5.74) is 10.8. The fourth-order valence-electron chi connectivity index (χ4n) is 7.13. The lowest BCUT2D eigenvalue weighted by Crippen LogP contribution is -2.46. The molecule has 0 amide bonds. The van der Waals surface area contributed by atoms with Gasteiger partial charge >= 0.3 is 0 Å². The van der Waals surface area contributed by atoms with E-state index in [-0.39, 0.29) is 6.23 Å². The van der Waals surface area contributed by atoms with E-state index in [0.29, 0.717) is 5.82 Å². The molecule has 4 heterocycles. The van der Waals surface area contributed by atoms with Crippen LogP contribution in [0.3, 0.4) is 0 Å². The molecule has 0 bridgehead atoms. The summed E-state index contributed by atoms with van der Waals surface area (Å²) in [7, 11) is 0. The molecule has 0 radical (unpaired) electrons. The fraction of sp³-hybridized carbons (Fsp3) is 0.0233. The lowest BCUT2D eigenvalue weighted by molar-refractivity contribution is 0.256. The van der Waals surface area contributed by atoms with Crippen molar-refractivity contribution < 1.29 is 9.15 Å². The Morgan fingerprint density at radius 1 is 0.521 bits per heavy atom. The first-order valence-corrected chi connectivity index (χ1v) is 16.1. The maximum atomic E-state index is 6.38. The second-order valence-electron chi connectivity index (χ2n) is 12.2. The van der Waals surface area contributed by atoms with Gasteiger partial charge in [-0.05, 0) is 35.0 Å². The van der Waals surface area contributed by atoms with Crippen LogP contribution in [-0.4, -0.2) is 16.2 Å². The van der Waals surface area contributed by atoms with Crippen LogP contribution < -0.4 is 20.5 Å². The number of hydrogen-bond acceptors (Lipinski definition) is 5. The molecule has 5 heteroatoms. The predicted molar refractivity (Wildman–Crippen MR) is 190 cm³/mol. The molecule has 8 aromatic rings. The topological polar surface area (TPSA) is 60.2 Å². The number of ether oxygens (including phenoxy) is 1. The smallest absolute Gasteiger partial charge is 0.197 e. The van der Waals surface area contributed by atoms with Crippen LogP contribution in [0.4, 0.5) is 0 Å². The lowest BCUT2D eigenvalue weighted by atomic mass is 9.96. The van der Waals surface area contributed by atoms with Crippen molar-refractivity contribution in [2.24, 2.45) is 0 Å². The molecule has 0 saturated heterocycles. The van der Waals surface area contributed by atoms with Crippen LogP contribution in [-0.2, 0) is 0 Å². The number of para-hydroxylation sites is 2. The van der Waals surface area contributed by atoms with Crippen LogP contribution in [0.1, 0.15) is 11.1 Å². The fourth-order valence-corrected chi connectivity index (χ4v) is 7.13. The molecule has 0 fully saturated rings. The maximum Gasteiger partial charge on any atom is 0.197 e. The van der Waals surface area contributed by atoms with Crippen LogP contribution in [0, 0.1) is 0 Å². The zero-order valence-electron chi connectivity index (χ0n) is 25.7. The van der Waals surface area contributed by atoms with E-state index in [0.717, 1.165) is 77.8 Å². The maximum absolute atomic E-state index is 6.38. The predicted octanol–water partition coefficient (Wildman–Crippen LogP) is 8.05. The van der Waals surface area contributed by atoms with E-state index in [1.807, 2.05) is 60.7 Å². The van der Waals surface area contributed by atoms with E-state index < -0.39 is 0 Å². The average Bonchev–Trinajstić information content (AvgIpc) is 3.73. The monoisotopic (exact) mass is 617 g/mol. The molecule has 10 rings (SSSR count). The Balaban J connectivity index is 1.12. The Hall–Kier alpha value is -6.46. The first kappa shape index (κ1) is 26.7. The summed E-state index contributed by atoms with van der Waals surface area (Å²) in [5, 5.41) is 8.13. The van der Waals surface area contributed by atoms with Crippen molar-refractivity contribution in [2.75, 3.05) is 0 Å². The average molecular weight is 618 g/mol. The molecular weight excluding hydrogens is 590 g/mol. The highest BCUT2D eigenvalue weighted by Crippen LogP contribution is 2.38. The van der Waals surface area contributed by atoms with Gasteiger partial charge in [-0.1, -0.05) is 127 Å². The summed E-state index contributed by atoms with van der Waals surface area (Å²) in [4.78, 5) is 10.3. The minimum Gasteiger partial charge on any atom is -0.466 e. The Morgan fingerprint density at radius 3 is 2.02 bits per heavy atom. The van der Waals surface area contributed by atoms with E-state index in [9.17, 15) is 0 Å². The first-order chi connectivity index (χ1) is 23.8. The Morgan fingerprint density at radius 2 is 1.17 bits per heavy atom. The number of nitrogens with one attached hydrogen (secondary N) is 1. The third-order valence-electron chi connectivity index (χ3n) is 9.35. The first-order valence-electron chi connectivity index (χ1n) is 16.1. The molecule has 0 aliphatic carbocycles. The highest BCUT2D eigenvalue weighted by molar-refractivity contribution is 6.11. The molecule has 2 aliphatic heterocycles. The summed E-state index contributed by atoms with van der Waals surface area (Å²) >= 11 is 0. The third kappa shape index (κ3) is 4.18. The Labute approximate surface area is 276 Å². The summed E-state index contributed by atoms with van der Waals surface area (Å²) < 4.78 is 12.6. The molecular formula is C43H27N3O2. The number of hydrogen-bond donors (Lipinski definition) is 1. The minimum absolute atomic E-state index is 0.244. The van der Waals surface area contributed by atoms with Crippen molar-refractivity contribution in [1.82, 2.24) is 15.3 Å². The van der Waals surface area contributed by atoms with E-state index in [2.05, 4.69) is 96.3 Å². The van der Waals surface area contributed by atoms with Crippen molar-refractivity contribution in [2.45, 2.75) is 6.23 Å². The molecule has 226 valence electrons. The summed E-state index contributed by atoms with van der Waals surface area (Å²) in [5.74, 6) is 1.56. The van der Waals surface area contributed by atoms with E-state index in [4.69, 9.17) is 19.1 Å². The molecule has 1 unspecified atom stereocenters. The van der Waals surface area contributed by atoms with Crippen molar-refractivity contribution in [1.29, 1.82) is 0 Å². The normalized spacial score (nSPS) is 14.7. The quantitative estimate of drug-likeness (QED) is 0.217. The molecule has 48 heavy (non-hydrogen) atoms. The van der Waals surface area contributed by atoms with E-state index >= 15 is 0 Å². The minimum atomic E-state index is -0.244. The highest BCUT2D eigenvalue weighted by Gasteiger charge is 2.32. The van der Waals surface area contributed by atoms with Crippen LogP contribution in [0.15, 0.2) is 156 Å². The number of furan rings is 1. The van der Waals surface area contributed by atoms with Gasteiger partial charge in [0.05, 0.1) is 17.1 Å². The summed E-state index contributed by atoms with van der Waals surface area (Å²) in [6, 6.07) is 52.0. The zero-order chi connectivity index (χ0) is 31.6. The summed E-state index contributed by atoms with van der Waals surface area (Å²) in [6.07, 6.45) is -0.244. The second kappa shape index (κ2) is 10.5. The van der Waals surface area contributed by atoms with Gasteiger partial charge in [0.2, 0.25) is 0 Å². The van der Waals surface area contributed by atoms with Crippen LogP contribution in [0.25, 0.3) is 67.1 Å². The molecule has 0 saturated carbocycles. The van der Waals surface area contributed by atoms with Crippen molar-refractivity contribution in [3.8, 4) is 39.7 Å². The Kier molecular flexibility index (Phi) is 5.87. The largest absolute Gasteiger partial charge is 0.466 e. The SMILES string of the molecule is c1ccc(-c2cc(-c3ccc(C4=c5ccccc5=C5c6ccccc6OC5N4)cc3)nc(-c3cccc4oc5ccccc5c34)n2)cc1. The van der Waals surface area contributed by atoms with Crippen LogP contribution in [0.5, 0.6) is 5.75 Å². The molecule has 0 spiro atoms. The van der Waals surface area contributed by atoms with Crippen molar-refractivity contribution >= 4 is 33.2 Å². The third-order valence-corrected chi connectivity index (χ3v) is 9.35. The van der Waals surface area contributed by atoms with Gasteiger partial charge in [-0.25, -0.2) is 9.97 Å². The van der Waals surface area contributed by atoms with Crippen LogP contribution in [0.2, 0.25) is 0 Å².